The van der Waals surface area contributed by atoms with Crippen LogP contribution in [0.2, 0.25) is 54.4 Å². The van der Waals surface area contributed by atoms with Crippen molar-refractivity contribution in [1.82, 2.24) is 0 Å². The molecule has 0 spiro atoms. The van der Waals surface area contributed by atoms with Gasteiger partial charge in [-0.2, -0.15) is 0 Å². The van der Waals surface area contributed by atoms with Crippen LogP contribution in [0.15, 0.2) is 47.1 Å². The van der Waals surface area contributed by atoms with Crippen molar-refractivity contribution < 1.29 is 90.9 Å². The molecule has 0 rings (SSSR count). The van der Waals surface area contributed by atoms with Crippen molar-refractivity contribution in [3.8, 4) is 0 Å². The Morgan fingerprint density at radius 2 is 0.724 bits per heavy atom. The third kappa shape index (κ3) is 26.7. The number of carbonyl (C=O) groups excluding carboxylic acids is 6. The molecule has 0 aromatic heterocycles. The van der Waals surface area contributed by atoms with Crippen molar-refractivity contribution in [3.05, 3.63) is 47.1 Å². The standard InChI is InChI=1S/2C18H34O7Si.C18H32O5Si/c2*1-9-10-13(25-26(7,8)18(2,3)4)16(21)15(20)12(17(22)24-6)11-14(19)23-5;1-9-10-15(23-24(7,8)18(2,3)4)12-11-14(17(20)22-6)13-16(19)21-5/h2*11,13,15-16,20-21H,9-10H2,1-8H3;11-13,15H,9-10H2,1-8H3/b2*12-11-;12-11+,14-13-/t13-,15+,16+;13-,15-,16-;15-/m000/s1. The molecule has 0 heterocycles. The summed E-state index contributed by atoms with van der Waals surface area (Å²) in [5, 5.41) is 42.4. The first-order chi connectivity index (χ1) is 34.6. The lowest BCUT2D eigenvalue weighted by atomic mass is 9.97. The summed E-state index contributed by atoms with van der Waals surface area (Å²) in [6, 6.07) is 0. The monoisotopic (exact) mass is 1140 g/mol. The lowest BCUT2D eigenvalue weighted by Gasteiger charge is -2.41. The van der Waals surface area contributed by atoms with Crippen LogP contribution in [-0.4, -0.2) is 167 Å². The number of esters is 6. The summed E-state index contributed by atoms with van der Waals surface area (Å²) < 4.78 is 46.4. The number of rotatable bonds is 26. The van der Waals surface area contributed by atoms with Crippen molar-refractivity contribution in [2.24, 2.45) is 0 Å². The minimum absolute atomic E-state index is 0.0866. The van der Waals surface area contributed by atoms with Crippen LogP contribution in [0, 0.1) is 0 Å². The van der Waals surface area contributed by atoms with E-state index in [2.05, 4.69) is 106 Å². The summed E-state index contributed by atoms with van der Waals surface area (Å²) in [5.74, 6) is -4.66. The molecule has 0 fully saturated rings. The van der Waals surface area contributed by atoms with E-state index >= 15 is 0 Å². The molecule has 0 aromatic rings. The lowest BCUT2D eigenvalue weighted by Crippen LogP contribution is -2.50. The van der Waals surface area contributed by atoms with Crippen LogP contribution in [0.25, 0.3) is 0 Å². The molecule has 442 valence electrons. The molecule has 0 unspecified atom stereocenters. The summed E-state index contributed by atoms with van der Waals surface area (Å²) in [6.07, 6.45) is 2.90. The number of aliphatic hydroxyl groups excluding tert-OH is 4. The molecular formula is C54H100O19Si3. The zero-order chi connectivity index (χ0) is 60.4. The van der Waals surface area contributed by atoms with E-state index < -0.39 is 97.4 Å². The second kappa shape index (κ2) is 34.9. The van der Waals surface area contributed by atoms with Gasteiger partial charge in [-0.1, -0.05) is 108 Å². The van der Waals surface area contributed by atoms with Gasteiger partial charge in [0.2, 0.25) is 0 Å². The van der Waals surface area contributed by atoms with Gasteiger partial charge in [-0.05, 0) is 79.7 Å². The van der Waals surface area contributed by atoms with Gasteiger partial charge < -0.3 is 62.1 Å². The average Bonchev–Trinajstić information content (AvgIpc) is 3.32. The molecule has 0 amide bonds. The number of aliphatic hydroxyl groups is 4. The summed E-state index contributed by atoms with van der Waals surface area (Å²) >= 11 is 0. The molecule has 19 nitrogen and oxygen atoms in total. The van der Waals surface area contributed by atoms with Gasteiger partial charge in [0.25, 0.3) is 0 Å². The highest BCUT2D eigenvalue weighted by Gasteiger charge is 2.44. The number of methoxy groups -OCH3 is 6. The van der Waals surface area contributed by atoms with Gasteiger partial charge in [-0.25, -0.2) is 28.8 Å². The predicted molar refractivity (Wildman–Crippen MR) is 300 cm³/mol. The first-order valence-corrected chi connectivity index (χ1v) is 34.4. The normalized spacial score (nSPS) is 16.0. The summed E-state index contributed by atoms with van der Waals surface area (Å²) in [4.78, 5) is 70.1. The summed E-state index contributed by atoms with van der Waals surface area (Å²) in [6.45, 7) is 37.5. The van der Waals surface area contributed by atoms with Gasteiger partial charge in [-0.3, -0.25) is 0 Å². The van der Waals surface area contributed by atoms with Crippen LogP contribution in [0.4, 0.5) is 0 Å². The van der Waals surface area contributed by atoms with Crippen molar-refractivity contribution in [2.75, 3.05) is 42.7 Å². The quantitative estimate of drug-likeness (QED) is 0.0208. The second-order valence-corrected chi connectivity index (χ2v) is 37.0. The number of carbonyl (C=O) groups is 6. The molecule has 0 bridgehead atoms. The third-order valence-corrected chi connectivity index (χ3v) is 27.2. The van der Waals surface area contributed by atoms with Crippen molar-refractivity contribution in [1.29, 1.82) is 0 Å². The highest BCUT2D eigenvalue weighted by Crippen LogP contribution is 2.40. The van der Waals surface area contributed by atoms with Gasteiger partial charge in [0, 0.05) is 18.2 Å². The van der Waals surface area contributed by atoms with E-state index in [1.807, 2.05) is 46.1 Å². The van der Waals surface area contributed by atoms with Gasteiger partial charge in [0.1, 0.15) is 24.4 Å². The number of hydrogen-bond donors (Lipinski definition) is 4. The Kier molecular flexibility index (Phi) is 35.1. The Morgan fingerprint density at radius 3 is 0.987 bits per heavy atom. The molecule has 0 aromatic carbocycles. The van der Waals surface area contributed by atoms with Crippen LogP contribution in [0.5, 0.6) is 0 Å². The lowest BCUT2D eigenvalue weighted by molar-refractivity contribution is -0.141. The molecule has 7 atom stereocenters. The molecule has 0 aliphatic carbocycles. The van der Waals surface area contributed by atoms with Gasteiger partial charge in [0.15, 0.2) is 25.0 Å². The molecule has 0 saturated carbocycles. The van der Waals surface area contributed by atoms with E-state index in [-0.39, 0.29) is 37.9 Å². The van der Waals surface area contributed by atoms with Crippen LogP contribution >= 0.6 is 0 Å². The smallest absolute Gasteiger partial charge is 0.338 e. The fraction of sp³-hybridized carbons (Fsp3) is 0.741. The maximum absolute atomic E-state index is 11.9. The minimum Gasteiger partial charge on any atom is -0.466 e. The van der Waals surface area contributed by atoms with E-state index in [9.17, 15) is 49.2 Å². The zero-order valence-electron chi connectivity index (χ0n) is 50.6. The number of ether oxygens (including phenoxy) is 6. The van der Waals surface area contributed by atoms with Crippen LogP contribution in [-0.2, 0) is 70.5 Å². The second-order valence-electron chi connectivity index (χ2n) is 22.7. The maximum Gasteiger partial charge on any atom is 0.338 e. The first-order valence-electron chi connectivity index (χ1n) is 25.7. The Morgan fingerprint density at radius 1 is 0.434 bits per heavy atom. The molecule has 0 aliphatic heterocycles. The fourth-order valence-corrected chi connectivity index (χ4v) is 9.96. The fourth-order valence-electron chi connectivity index (χ4n) is 5.91. The maximum atomic E-state index is 11.9. The largest absolute Gasteiger partial charge is 0.466 e. The molecule has 0 radical (unpaired) electrons. The third-order valence-electron chi connectivity index (χ3n) is 13.7. The SMILES string of the molecule is CCC[C@@H](/C=C/C(=C/C(=O)OC)C(=O)OC)O[Si](C)(C)C(C)(C)C.CCC[C@H](O[Si](C)(C)C(C)(C)C)[C@@H](O)[C@H](O)/C(=C/C(=O)OC)C(=O)OC.CCC[C@H](O[Si](C)(C)C(C)(C)C)[C@H](O)[C@@H](O)/C(=C/C(=O)OC)C(=O)OC. The molecule has 76 heavy (non-hydrogen) atoms. The van der Waals surface area contributed by atoms with Crippen molar-refractivity contribution >= 4 is 60.8 Å². The molecular weight excluding hydrogens is 1040 g/mol. The Bertz CT molecular complexity index is 1840. The summed E-state index contributed by atoms with van der Waals surface area (Å²) in [7, 11) is 0.718. The van der Waals surface area contributed by atoms with E-state index in [4.69, 9.17) is 18.0 Å². The zero-order valence-corrected chi connectivity index (χ0v) is 53.6. The van der Waals surface area contributed by atoms with Gasteiger partial charge >= 0.3 is 35.8 Å². The summed E-state index contributed by atoms with van der Waals surface area (Å²) in [5.41, 5.74) is -0.595. The Hall–Kier alpha value is -3.85. The molecule has 0 aliphatic rings. The van der Waals surface area contributed by atoms with E-state index in [1.54, 1.807) is 6.08 Å². The number of hydrogen-bond acceptors (Lipinski definition) is 19. The highest BCUT2D eigenvalue weighted by molar-refractivity contribution is 6.75. The average molecular weight is 1140 g/mol. The topological polar surface area (TPSA) is 266 Å². The molecule has 4 N–H and O–H groups in total. The van der Waals surface area contributed by atoms with E-state index in [0.717, 1.165) is 72.4 Å². The molecule has 0 saturated heterocycles. The Labute approximate surface area is 458 Å². The van der Waals surface area contributed by atoms with Crippen molar-refractivity contribution in [2.45, 2.75) is 219 Å². The Balaban J connectivity index is -0.00000105. The van der Waals surface area contributed by atoms with Crippen LogP contribution in [0.1, 0.15) is 122 Å². The van der Waals surface area contributed by atoms with Crippen LogP contribution in [0.3, 0.4) is 0 Å². The molecule has 22 heteroatoms. The van der Waals surface area contributed by atoms with Gasteiger partial charge in [-0.15, -0.1) is 0 Å². The van der Waals surface area contributed by atoms with Crippen molar-refractivity contribution in [3.63, 3.8) is 0 Å². The van der Waals surface area contributed by atoms with E-state index in [1.165, 1.54) is 14.2 Å². The minimum atomic E-state index is -2.22. The van der Waals surface area contributed by atoms with Crippen LogP contribution < -0.4 is 0 Å². The predicted octanol–water partition coefficient (Wildman–Crippen LogP) is 8.35. The van der Waals surface area contributed by atoms with E-state index in [0.29, 0.717) is 12.8 Å². The highest BCUT2D eigenvalue weighted by atomic mass is 28.4. The first kappa shape index (κ1) is 76.4. The van der Waals surface area contributed by atoms with Gasteiger partial charge in [0.05, 0.1) is 77.7 Å².